The van der Waals surface area contributed by atoms with Gasteiger partial charge in [-0.05, 0) is 47.1 Å². The molecule has 0 unspecified atom stereocenters. The maximum absolute atomic E-state index is 4.60. The third-order valence-electron chi connectivity index (χ3n) is 4.02. The summed E-state index contributed by atoms with van der Waals surface area (Å²) in [5, 5.41) is 0. The molecule has 0 amide bonds. The number of hydrogen-bond donors (Lipinski definition) is 0. The van der Waals surface area contributed by atoms with Crippen molar-refractivity contribution in [3.05, 3.63) is 59.7 Å². The van der Waals surface area contributed by atoms with Gasteiger partial charge in [-0.25, -0.2) is 9.98 Å². The minimum atomic E-state index is 0.131. The molecular weight excluding hydrogens is 291 g/mol. The smallest absolute Gasteiger partial charge is 0.178 e. The van der Waals surface area contributed by atoms with Crippen LogP contribution in [0.4, 0.5) is 0 Å². The van der Waals surface area contributed by atoms with Crippen molar-refractivity contribution < 1.29 is 0 Å². The SMILES string of the molecule is C=C/C(C)=N/C(Cc1ccc(CC)c(C(C)(C)C)c1)=N\C(=C)BC. The molecule has 0 heterocycles. The lowest BCUT2D eigenvalue weighted by molar-refractivity contribution is 0.582. The van der Waals surface area contributed by atoms with E-state index in [0.29, 0.717) is 6.42 Å². The van der Waals surface area contributed by atoms with Crippen LogP contribution in [0.2, 0.25) is 6.82 Å². The van der Waals surface area contributed by atoms with Crippen LogP contribution in [0.1, 0.15) is 51.3 Å². The number of aliphatic imine (C=N–C) groups is 2. The number of hydrogen-bond acceptors (Lipinski definition) is 1. The Morgan fingerprint density at radius 3 is 2.42 bits per heavy atom. The van der Waals surface area contributed by atoms with E-state index >= 15 is 0 Å². The van der Waals surface area contributed by atoms with Gasteiger partial charge in [-0.15, -0.1) is 0 Å². The monoisotopic (exact) mass is 322 g/mol. The number of benzene rings is 1. The van der Waals surface area contributed by atoms with E-state index in [1.54, 1.807) is 6.08 Å². The van der Waals surface area contributed by atoms with Crippen LogP contribution in [0.25, 0.3) is 0 Å². The molecule has 2 nitrogen and oxygen atoms in total. The third kappa shape index (κ3) is 5.95. The highest BCUT2D eigenvalue weighted by Crippen LogP contribution is 2.27. The molecule has 0 saturated carbocycles. The summed E-state index contributed by atoms with van der Waals surface area (Å²) >= 11 is 0. The highest BCUT2D eigenvalue weighted by atomic mass is 14.9. The fourth-order valence-corrected chi connectivity index (χ4v) is 2.54. The summed E-state index contributed by atoms with van der Waals surface area (Å²) in [6.07, 6.45) is 3.51. The minimum Gasteiger partial charge on any atom is -0.249 e. The Labute approximate surface area is 148 Å². The molecular formula is C21H31BN2. The molecule has 0 N–H and O–H groups in total. The summed E-state index contributed by atoms with van der Waals surface area (Å²) < 4.78 is 0. The van der Waals surface area contributed by atoms with E-state index in [0.717, 1.165) is 30.8 Å². The van der Waals surface area contributed by atoms with Gasteiger partial charge in [0.2, 0.25) is 0 Å². The van der Waals surface area contributed by atoms with Crippen LogP contribution >= 0.6 is 0 Å². The summed E-state index contributed by atoms with van der Waals surface area (Å²) in [4.78, 5) is 9.20. The predicted molar refractivity (Wildman–Crippen MR) is 111 cm³/mol. The lowest BCUT2D eigenvalue weighted by Crippen LogP contribution is -2.15. The van der Waals surface area contributed by atoms with Crippen LogP contribution in [0.3, 0.4) is 0 Å². The van der Waals surface area contributed by atoms with Gasteiger partial charge in [-0.2, -0.15) is 0 Å². The highest BCUT2D eigenvalue weighted by molar-refractivity contribution is 6.43. The first-order valence-electron chi connectivity index (χ1n) is 8.76. The van der Waals surface area contributed by atoms with Crippen molar-refractivity contribution in [1.29, 1.82) is 0 Å². The Hall–Kier alpha value is -1.90. The van der Waals surface area contributed by atoms with Gasteiger partial charge < -0.3 is 0 Å². The molecule has 3 heteroatoms. The molecule has 0 saturated heterocycles. The molecule has 24 heavy (non-hydrogen) atoms. The largest absolute Gasteiger partial charge is 0.249 e. The van der Waals surface area contributed by atoms with Gasteiger partial charge in [0, 0.05) is 12.1 Å². The van der Waals surface area contributed by atoms with Crippen molar-refractivity contribution >= 4 is 18.8 Å². The van der Waals surface area contributed by atoms with Crippen molar-refractivity contribution in [3.63, 3.8) is 0 Å². The van der Waals surface area contributed by atoms with Crippen LogP contribution in [0.5, 0.6) is 0 Å². The predicted octanol–water partition coefficient (Wildman–Crippen LogP) is 5.09. The van der Waals surface area contributed by atoms with Gasteiger partial charge in [-0.1, -0.05) is 65.9 Å². The fraction of sp³-hybridized carbons (Fsp3) is 0.429. The van der Waals surface area contributed by atoms with Crippen molar-refractivity contribution in [2.75, 3.05) is 0 Å². The number of nitrogens with zero attached hydrogens (tertiary/aromatic N) is 2. The Morgan fingerprint density at radius 2 is 1.92 bits per heavy atom. The average Bonchev–Trinajstić information content (AvgIpc) is 2.53. The normalized spacial score (nSPS) is 12.9. The van der Waals surface area contributed by atoms with Gasteiger partial charge >= 0.3 is 0 Å². The summed E-state index contributed by atoms with van der Waals surface area (Å²) in [7, 11) is 0.828. The van der Waals surface area contributed by atoms with Crippen molar-refractivity contribution in [2.45, 2.75) is 59.7 Å². The summed E-state index contributed by atoms with van der Waals surface area (Å²) in [6.45, 7) is 20.8. The molecule has 0 spiro atoms. The van der Waals surface area contributed by atoms with Crippen LogP contribution in [-0.4, -0.2) is 18.8 Å². The van der Waals surface area contributed by atoms with Crippen LogP contribution < -0.4 is 0 Å². The summed E-state index contributed by atoms with van der Waals surface area (Å²) in [6, 6.07) is 6.74. The molecule has 1 aromatic rings. The lowest BCUT2D eigenvalue weighted by atomic mass is 9.79. The molecule has 0 atom stereocenters. The average molecular weight is 322 g/mol. The summed E-state index contributed by atoms with van der Waals surface area (Å²) in [5.41, 5.74) is 5.91. The van der Waals surface area contributed by atoms with E-state index in [4.69, 9.17) is 0 Å². The zero-order valence-electron chi connectivity index (χ0n) is 16.2. The standard InChI is InChI=1S/C21H31BN2/c1-9-15(3)23-20(24-16(4)22-8)14-17-11-12-18(10-2)19(13-17)21(5,6)7/h9,11-13,22H,1,4,10,14H2,2-3,5-8H3/b23-15+,24-20-. The first-order chi connectivity index (χ1) is 11.2. The Morgan fingerprint density at radius 1 is 1.25 bits per heavy atom. The molecule has 0 radical (unpaired) electrons. The molecule has 0 bridgehead atoms. The molecule has 0 aromatic heterocycles. The fourth-order valence-electron chi connectivity index (χ4n) is 2.54. The van der Waals surface area contributed by atoms with E-state index in [2.05, 4.69) is 75.9 Å². The van der Waals surface area contributed by atoms with E-state index in [1.165, 1.54) is 16.7 Å². The zero-order chi connectivity index (χ0) is 18.3. The van der Waals surface area contributed by atoms with Crippen molar-refractivity contribution in [2.24, 2.45) is 9.98 Å². The molecule has 0 fully saturated rings. The lowest BCUT2D eigenvalue weighted by Gasteiger charge is -2.23. The second-order valence-corrected chi connectivity index (χ2v) is 7.18. The Balaban J connectivity index is 3.26. The van der Waals surface area contributed by atoms with E-state index in [9.17, 15) is 0 Å². The van der Waals surface area contributed by atoms with Gasteiger partial charge in [0.25, 0.3) is 0 Å². The molecule has 0 aliphatic carbocycles. The van der Waals surface area contributed by atoms with E-state index < -0.39 is 0 Å². The molecule has 128 valence electrons. The summed E-state index contributed by atoms with van der Waals surface area (Å²) in [5.74, 6) is 0.795. The second kappa shape index (κ2) is 8.82. The van der Waals surface area contributed by atoms with Crippen molar-refractivity contribution in [1.82, 2.24) is 0 Å². The number of rotatable bonds is 6. The van der Waals surface area contributed by atoms with Crippen LogP contribution in [0, 0.1) is 0 Å². The maximum Gasteiger partial charge on any atom is 0.178 e. The second-order valence-electron chi connectivity index (χ2n) is 7.18. The molecule has 0 aliphatic heterocycles. The van der Waals surface area contributed by atoms with Crippen LogP contribution in [-0.2, 0) is 18.3 Å². The van der Waals surface area contributed by atoms with E-state index in [-0.39, 0.29) is 5.41 Å². The van der Waals surface area contributed by atoms with E-state index in [1.807, 2.05) is 6.92 Å². The highest BCUT2D eigenvalue weighted by Gasteiger charge is 2.18. The zero-order valence-corrected chi connectivity index (χ0v) is 16.2. The Bertz CT molecular complexity index is 661. The van der Waals surface area contributed by atoms with Gasteiger partial charge in [-0.3, -0.25) is 0 Å². The molecule has 0 aliphatic rings. The van der Waals surface area contributed by atoms with Gasteiger partial charge in [0.15, 0.2) is 7.28 Å². The number of allylic oxidation sites excluding steroid dienone is 1. The number of aryl methyl sites for hydroxylation is 1. The van der Waals surface area contributed by atoms with Gasteiger partial charge in [0.05, 0.1) is 0 Å². The molecule has 1 aromatic carbocycles. The van der Waals surface area contributed by atoms with Gasteiger partial charge in [0.1, 0.15) is 5.84 Å². The topological polar surface area (TPSA) is 24.7 Å². The minimum absolute atomic E-state index is 0.131. The first kappa shape index (κ1) is 20.2. The number of amidine groups is 1. The maximum atomic E-state index is 4.60. The van der Waals surface area contributed by atoms with Crippen LogP contribution in [0.15, 0.2) is 53.0 Å². The quantitative estimate of drug-likeness (QED) is 0.396. The molecule has 1 rings (SSSR count). The van der Waals surface area contributed by atoms with Crippen molar-refractivity contribution in [3.8, 4) is 0 Å². The Kier molecular flexibility index (Phi) is 7.40. The first-order valence-corrected chi connectivity index (χ1v) is 8.76. The third-order valence-corrected chi connectivity index (χ3v) is 4.02.